The highest BCUT2D eigenvalue weighted by atomic mass is 32.1. The number of amides is 1. The number of aliphatic hydroxyl groups is 1. The molecule has 0 spiro atoms. The fourth-order valence-corrected chi connectivity index (χ4v) is 1.82. The molecule has 1 aliphatic rings. The SMILES string of the molecule is CC1CN(C(=O)C(C)C(N)=S)CC(CO)O1. The molecule has 0 aliphatic carbocycles. The molecule has 0 aromatic heterocycles. The number of carbonyl (C=O) groups is 1. The first kappa shape index (κ1) is 13.3. The first-order valence-corrected chi connectivity index (χ1v) is 5.71. The number of hydrogen-bond donors (Lipinski definition) is 2. The maximum Gasteiger partial charge on any atom is 0.232 e. The molecule has 1 aliphatic heterocycles. The van der Waals surface area contributed by atoms with E-state index in [0.29, 0.717) is 13.1 Å². The molecular formula is C10H18N2O3S. The third-order valence-electron chi connectivity index (χ3n) is 2.64. The van der Waals surface area contributed by atoms with Gasteiger partial charge in [0.15, 0.2) is 0 Å². The molecule has 0 radical (unpaired) electrons. The second kappa shape index (κ2) is 5.56. The van der Waals surface area contributed by atoms with Crippen molar-refractivity contribution in [3.8, 4) is 0 Å². The molecule has 6 heteroatoms. The number of thiocarbonyl (C=S) groups is 1. The van der Waals surface area contributed by atoms with E-state index in [2.05, 4.69) is 0 Å². The van der Waals surface area contributed by atoms with E-state index in [1.807, 2.05) is 6.92 Å². The van der Waals surface area contributed by atoms with Crippen LogP contribution in [-0.4, -0.2) is 52.8 Å². The van der Waals surface area contributed by atoms with E-state index in [1.54, 1.807) is 11.8 Å². The maximum atomic E-state index is 12.0. The zero-order valence-corrected chi connectivity index (χ0v) is 10.4. The Morgan fingerprint density at radius 2 is 2.31 bits per heavy atom. The lowest BCUT2D eigenvalue weighted by Gasteiger charge is -2.37. The van der Waals surface area contributed by atoms with E-state index >= 15 is 0 Å². The van der Waals surface area contributed by atoms with Crippen LogP contribution in [0.5, 0.6) is 0 Å². The van der Waals surface area contributed by atoms with Crippen molar-refractivity contribution in [1.29, 1.82) is 0 Å². The van der Waals surface area contributed by atoms with Crippen LogP contribution in [0.1, 0.15) is 13.8 Å². The third-order valence-corrected chi connectivity index (χ3v) is 2.99. The second-order valence-electron chi connectivity index (χ2n) is 4.12. The van der Waals surface area contributed by atoms with Crippen molar-refractivity contribution in [3.63, 3.8) is 0 Å². The lowest BCUT2D eigenvalue weighted by Crippen LogP contribution is -2.52. The van der Waals surface area contributed by atoms with Crippen LogP contribution in [0.15, 0.2) is 0 Å². The van der Waals surface area contributed by atoms with Crippen LogP contribution < -0.4 is 5.73 Å². The van der Waals surface area contributed by atoms with Crippen LogP contribution in [0.25, 0.3) is 0 Å². The minimum absolute atomic E-state index is 0.0756. The van der Waals surface area contributed by atoms with Gasteiger partial charge in [-0.25, -0.2) is 0 Å². The standard InChI is InChI=1S/C10H18N2O3S/c1-6-3-12(4-8(5-13)15-6)10(14)7(2)9(11)16/h6-8,13H,3-5H2,1-2H3,(H2,11,16). The zero-order valence-electron chi connectivity index (χ0n) is 9.55. The summed E-state index contributed by atoms with van der Waals surface area (Å²) in [5, 5.41) is 9.04. The Bertz CT molecular complexity index is 285. The molecule has 16 heavy (non-hydrogen) atoms. The van der Waals surface area contributed by atoms with Crippen molar-refractivity contribution in [2.45, 2.75) is 26.1 Å². The number of hydrogen-bond acceptors (Lipinski definition) is 4. The van der Waals surface area contributed by atoms with Gasteiger partial charge in [-0.1, -0.05) is 12.2 Å². The minimum Gasteiger partial charge on any atom is -0.394 e. The normalized spacial score (nSPS) is 27.6. The predicted molar refractivity (Wildman–Crippen MR) is 64.0 cm³/mol. The Morgan fingerprint density at radius 3 is 2.81 bits per heavy atom. The van der Waals surface area contributed by atoms with Crippen molar-refractivity contribution in [2.24, 2.45) is 11.7 Å². The van der Waals surface area contributed by atoms with E-state index < -0.39 is 5.92 Å². The summed E-state index contributed by atoms with van der Waals surface area (Å²) in [4.78, 5) is 13.8. The molecule has 3 unspecified atom stereocenters. The van der Waals surface area contributed by atoms with Gasteiger partial charge in [-0.05, 0) is 13.8 Å². The topological polar surface area (TPSA) is 75.8 Å². The number of nitrogens with zero attached hydrogens (tertiary/aromatic N) is 1. The molecule has 1 fully saturated rings. The first-order valence-electron chi connectivity index (χ1n) is 5.30. The molecule has 1 amide bonds. The van der Waals surface area contributed by atoms with Gasteiger partial charge in [0.25, 0.3) is 0 Å². The van der Waals surface area contributed by atoms with Crippen LogP contribution in [0.3, 0.4) is 0 Å². The number of carbonyl (C=O) groups excluding carboxylic acids is 1. The van der Waals surface area contributed by atoms with E-state index in [1.165, 1.54) is 0 Å². The quantitative estimate of drug-likeness (QED) is 0.658. The predicted octanol–water partition coefficient (Wildman–Crippen LogP) is -0.483. The average molecular weight is 246 g/mol. The van der Waals surface area contributed by atoms with Crippen molar-refractivity contribution in [3.05, 3.63) is 0 Å². The summed E-state index contributed by atoms with van der Waals surface area (Å²) in [5.41, 5.74) is 5.45. The smallest absolute Gasteiger partial charge is 0.232 e. The molecule has 0 saturated carbocycles. The summed E-state index contributed by atoms with van der Waals surface area (Å²) < 4.78 is 5.45. The van der Waals surface area contributed by atoms with Crippen molar-refractivity contribution in [1.82, 2.24) is 4.90 Å². The van der Waals surface area contributed by atoms with Gasteiger partial charge < -0.3 is 20.5 Å². The Labute approximate surface area is 101 Å². The van der Waals surface area contributed by atoms with Gasteiger partial charge in [0, 0.05) is 13.1 Å². The molecule has 0 aromatic rings. The Kier molecular flexibility index (Phi) is 4.64. The summed E-state index contributed by atoms with van der Waals surface area (Å²) in [5.74, 6) is -0.555. The second-order valence-corrected chi connectivity index (χ2v) is 4.59. The molecular weight excluding hydrogens is 228 g/mol. The van der Waals surface area contributed by atoms with Gasteiger partial charge in [-0.3, -0.25) is 4.79 Å². The molecule has 5 nitrogen and oxygen atoms in total. The van der Waals surface area contributed by atoms with Gasteiger partial charge in [0.2, 0.25) is 5.91 Å². The molecule has 3 N–H and O–H groups in total. The van der Waals surface area contributed by atoms with Crippen LogP contribution >= 0.6 is 12.2 Å². The number of nitrogens with two attached hydrogens (primary N) is 1. The van der Waals surface area contributed by atoms with Crippen molar-refractivity contribution < 1.29 is 14.6 Å². The third kappa shape index (κ3) is 3.13. The summed E-state index contributed by atoms with van der Waals surface area (Å²) in [6.45, 7) is 4.39. The highest BCUT2D eigenvalue weighted by molar-refractivity contribution is 7.80. The maximum absolute atomic E-state index is 12.0. The minimum atomic E-state index is -0.459. The monoisotopic (exact) mass is 246 g/mol. The van der Waals surface area contributed by atoms with Crippen LogP contribution in [0.2, 0.25) is 0 Å². The highest BCUT2D eigenvalue weighted by Gasteiger charge is 2.30. The molecule has 1 saturated heterocycles. The molecule has 3 atom stereocenters. The fourth-order valence-electron chi connectivity index (χ4n) is 1.72. The molecule has 1 heterocycles. The van der Waals surface area contributed by atoms with Gasteiger partial charge >= 0.3 is 0 Å². The summed E-state index contributed by atoms with van der Waals surface area (Å²) >= 11 is 4.80. The molecule has 1 rings (SSSR count). The average Bonchev–Trinajstić information content (AvgIpc) is 2.25. The van der Waals surface area contributed by atoms with Gasteiger partial charge in [0.1, 0.15) is 0 Å². The Hall–Kier alpha value is -0.720. The number of morpholine rings is 1. The lowest BCUT2D eigenvalue weighted by atomic mass is 10.1. The number of aliphatic hydroxyl groups excluding tert-OH is 1. The lowest BCUT2D eigenvalue weighted by molar-refractivity contribution is -0.148. The molecule has 0 bridgehead atoms. The van der Waals surface area contributed by atoms with Crippen LogP contribution in [0.4, 0.5) is 0 Å². The van der Waals surface area contributed by atoms with Gasteiger partial charge in [-0.2, -0.15) is 0 Å². The Balaban J connectivity index is 2.65. The van der Waals surface area contributed by atoms with Crippen LogP contribution in [0, 0.1) is 5.92 Å². The van der Waals surface area contributed by atoms with Crippen molar-refractivity contribution >= 4 is 23.1 Å². The zero-order chi connectivity index (χ0) is 12.3. The first-order chi connectivity index (χ1) is 7.45. The highest BCUT2D eigenvalue weighted by Crippen LogP contribution is 2.14. The summed E-state index contributed by atoms with van der Waals surface area (Å²) in [7, 11) is 0. The van der Waals surface area contributed by atoms with E-state index in [9.17, 15) is 4.79 Å². The van der Waals surface area contributed by atoms with Gasteiger partial charge in [-0.15, -0.1) is 0 Å². The molecule has 0 aromatic carbocycles. The fraction of sp³-hybridized carbons (Fsp3) is 0.800. The van der Waals surface area contributed by atoms with E-state index in [4.69, 9.17) is 27.8 Å². The van der Waals surface area contributed by atoms with Crippen molar-refractivity contribution in [2.75, 3.05) is 19.7 Å². The van der Waals surface area contributed by atoms with E-state index in [0.717, 1.165) is 0 Å². The summed E-state index contributed by atoms with van der Waals surface area (Å²) in [6.07, 6.45) is -0.389. The van der Waals surface area contributed by atoms with Crippen LogP contribution in [-0.2, 0) is 9.53 Å². The number of rotatable bonds is 3. The largest absolute Gasteiger partial charge is 0.394 e. The van der Waals surface area contributed by atoms with E-state index in [-0.39, 0.29) is 29.7 Å². The number of ether oxygens (including phenoxy) is 1. The van der Waals surface area contributed by atoms with Gasteiger partial charge in [0.05, 0.1) is 29.7 Å². The molecule has 92 valence electrons. The summed E-state index contributed by atoms with van der Waals surface area (Å²) in [6, 6.07) is 0. The Morgan fingerprint density at radius 1 is 1.69 bits per heavy atom.